The minimum atomic E-state index is -1.11. The number of carbonyl (C=O) groups is 1. The van der Waals surface area contributed by atoms with Crippen LogP contribution in [0.4, 0.5) is 14.5 Å². The molecule has 0 heterocycles. The number of amides is 1. The van der Waals surface area contributed by atoms with Gasteiger partial charge in [0.25, 0.3) is 5.91 Å². The van der Waals surface area contributed by atoms with E-state index < -0.39 is 17.5 Å². The van der Waals surface area contributed by atoms with Crippen molar-refractivity contribution in [3.63, 3.8) is 0 Å². The molecule has 0 saturated carbocycles. The van der Waals surface area contributed by atoms with Gasteiger partial charge >= 0.3 is 0 Å². The minimum Gasteiger partial charge on any atom is -0.399 e. The summed E-state index contributed by atoms with van der Waals surface area (Å²) in [7, 11) is 0. The zero-order chi connectivity index (χ0) is 15.4. The van der Waals surface area contributed by atoms with Crippen molar-refractivity contribution in [3.05, 3.63) is 65.2 Å². The topological polar surface area (TPSA) is 46.3 Å². The number of carbonyl (C=O) groups excluding carboxylic acids is 1. The van der Waals surface area contributed by atoms with Crippen LogP contribution in [0.3, 0.4) is 0 Å². The smallest absolute Gasteiger partial charge is 0.257 e. The van der Waals surface area contributed by atoms with Gasteiger partial charge in [-0.1, -0.05) is 18.2 Å². The van der Waals surface area contributed by atoms with E-state index in [1.807, 2.05) is 0 Å². The highest BCUT2D eigenvalue weighted by atomic mass is 19.2. The van der Waals surface area contributed by atoms with Crippen molar-refractivity contribution in [3.8, 4) is 0 Å². The van der Waals surface area contributed by atoms with Crippen LogP contribution in [0.1, 0.15) is 22.8 Å². The standard InChI is InChI=1S/C16H16F2N2O/c1-2-20(10-11-6-8-12(19)9-7-11)16(21)13-4-3-5-14(17)15(13)18/h3-9H,2,10,19H2,1H3. The molecule has 0 bridgehead atoms. The predicted octanol–water partition coefficient (Wildman–Crippen LogP) is 3.21. The molecule has 0 aliphatic heterocycles. The highest BCUT2D eigenvalue weighted by Crippen LogP contribution is 2.16. The molecule has 0 saturated heterocycles. The van der Waals surface area contributed by atoms with Gasteiger partial charge in [0.2, 0.25) is 0 Å². The number of rotatable bonds is 4. The lowest BCUT2D eigenvalue weighted by molar-refractivity contribution is 0.0746. The lowest BCUT2D eigenvalue weighted by Crippen LogP contribution is -2.31. The lowest BCUT2D eigenvalue weighted by atomic mass is 10.1. The second-order valence-electron chi connectivity index (χ2n) is 4.66. The summed E-state index contributed by atoms with van der Waals surface area (Å²) in [5.74, 6) is -2.67. The average molecular weight is 290 g/mol. The largest absolute Gasteiger partial charge is 0.399 e. The van der Waals surface area contributed by atoms with E-state index in [2.05, 4.69) is 0 Å². The number of nitrogens with two attached hydrogens (primary N) is 1. The van der Waals surface area contributed by atoms with Gasteiger partial charge in [-0.25, -0.2) is 8.78 Å². The first-order chi connectivity index (χ1) is 10.0. The van der Waals surface area contributed by atoms with Crippen molar-refractivity contribution in [2.75, 3.05) is 12.3 Å². The SMILES string of the molecule is CCN(Cc1ccc(N)cc1)C(=O)c1cccc(F)c1F. The fourth-order valence-corrected chi connectivity index (χ4v) is 2.01. The Morgan fingerprint density at radius 2 is 1.81 bits per heavy atom. The fraction of sp³-hybridized carbons (Fsp3) is 0.188. The lowest BCUT2D eigenvalue weighted by Gasteiger charge is -2.21. The zero-order valence-corrected chi connectivity index (χ0v) is 11.6. The Morgan fingerprint density at radius 3 is 2.43 bits per heavy atom. The molecule has 5 heteroatoms. The molecule has 0 atom stereocenters. The molecule has 2 aromatic carbocycles. The van der Waals surface area contributed by atoms with Crippen LogP contribution in [-0.2, 0) is 6.54 Å². The Morgan fingerprint density at radius 1 is 1.14 bits per heavy atom. The molecule has 2 N–H and O–H groups in total. The summed E-state index contributed by atoms with van der Waals surface area (Å²) < 4.78 is 26.9. The number of hydrogen-bond donors (Lipinski definition) is 1. The van der Waals surface area contributed by atoms with Crippen LogP contribution in [0.2, 0.25) is 0 Å². The molecule has 0 radical (unpaired) electrons. The van der Waals surface area contributed by atoms with Crippen LogP contribution in [0, 0.1) is 11.6 Å². The third-order valence-corrected chi connectivity index (χ3v) is 3.20. The van der Waals surface area contributed by atoms with Gasteiger partial charge < -0.3 is 10.6 Å². The highest BCUT2D eigenvalue weighted by Gasteiger charge is 2.20. The van der Waals surface area contributed by atoms with Crippen molar-refractivity contribution >= 4 is 11.6 Å². The van der Waals surface area contributed by atoms with Crippen molar-refractivity contribution in [1.82, 2.24) is 4.90 Å². The van der Waals surface area contributed by atoms with Crippen molar-refractivity contribution in [1.29, 1.82) is 0 Å². The van der Waals surface area contributed by atoms with E-state index >= 15 is 0 Å². The minimum absolute atomic E-state index is 0.257. The van der Waals surface area contributed by atoms with Crippen LogP contribution in [-0.4, -0.2) is 17.4 Å². The van der Waals surface area contributed by atoms with Gasteiger partial charge in [-0.05, 0) is 36.8 Å². The summed E-state index contributed by atoms with van der Waals surface area (Å²) >= 11 is 0. The molecule has 110 valence electrons. The molecule has 0 aliphatic carbocycles. The third-order valence-electron chi connectivity index (χ3n) is 3.20. The van der Waals surface area contributed by atoms with Crippen LogP contribution in [0.5, 0.6) is 0 Å². The molecule has 0 aromatic heterocycles. The van der Waals surface area contributed by atoms with Crippen molar-refractivity contribution in [2.45, 2.75) is 13.5 Å². The second-order valence-corrected chi connectivity index (χ2v) is 4.66. The monoisotopic (exact) mass is 290 g/mol. The van der Waals surface area contributed by atoms with E-state index in [1.54, 1.807) is 31.2 Å². The maximum absolute atomic E-state index is 13.7. The maximum Gasteiger partial charge on any atom is 0.257 e. The van der Waals surface area contributed by atoms with E-state index in [1.165, 1.54) is 17.0 Å². The summed E-state index contributed by atoms with van der Waals surface area (Å²) in [5, 5.41) is 0. The molecule has 0 unspecified atom stereocenters. The van der Waals surface area contributed by atoms with Crippen LogP contribution in [0.15, 0.2) is 42.5 Å². The molecule has 3 nitrogen and oxygen atoms in total. The number of nitrogens with zero attached hydrogens (tertiary/aromatic N) is 1. The van der Waals surface area contributed by atoms with Crippen LogP contribution >= 0.6 is 0 Å². The predicted molar refractivity (Wildman–Crippen MR) is 77.6 cm³/mol. The van der Waals surface area contributed by atoms with Crippen LogP contribution in [0.25, 0.3) is 0 Å². The molecule has 21 heavy (non-hydrogen) atoms. The molecule has 1 amide bonds. The first-order valence-corrected chi connectivity index (χ1v) is 6.60. The number of hydrogen-bond acceptors (Lipinski definition) is 2. The number of anilines is 1. The van der Waals surface area contributed by atoms with Gasteiger partial charge in [0, 0.05) is 18.8 Å². The van der Waals surface area contributed by atoms with Gasteiger partial charge in [0.05, 0.1) is 5.56 Å². The molecule has 0 spiro atoms. The van der Waals surface area contributed by atoms with E-state index in [9.17, 15) is 13.6 Å². The third kappa shape index (κ3) is 3.37. The summed E-state index contributed by atoms with van der Waals surface area (Å²) in [6, 6.07) is 10.7. The quantitative estimate of drug-likeness (QED) is 0.879. The van der Waals surface area contributed by atoms with E-state index in [4.69, 9.17) is 5.73 Å². The van der Waals surface area contributed by atoms with Crippen molar-refractivity contribution in [2.24, 2.45) is 0 Å². The number of halogens is 2. The van der Waals surface area contributed by atoms with E-state index in [0.717, 1.165) is 11.6 Å². The normalized spacial score (nSPS) is 10.4. The Hall–Kier alpha value is -2.43. The maximum atomic E-state index is 13.7. The van der Waals surface area contributed by atoms with E-state index in [-0.39, 0.29) is 5.56 Å². The Kier molecular flexibility index (Phi) is 4.52. The zero-order valence-electron chi connectivity index (χ0n) is 11.6. The summed E-state index contributed by atoms with van der Waals surface area (Å²) in [6.07, 6.45) is 0. The molecule has 0 aliphatic rings. The van der Waals surface area contributed by atoms with Gasteiger partial charge in [-0.15, -0.1) is 0 Å². The van der Waals surface area contributed by atoms with Gasteiger partial charge in [-0.3, -0.25) is 4.79 Å². The van der Waals surface area contributed by atoms with Crippen LogP contribution < -0.4 is 5.73 Å². The Bertz CT molecular complexity index is 641. The molecule has 2 rings (SSSR count). The molecular formula is C16H16F2N2O. The van der Waals surface area contributed by atoms with Gasteiger partial charge in [-0.2, -0.15) is 0 Å². The summed E-state index contributed by atoms with van der Waals surface area (Å²) in [6.45, 7) is 2.48. The number of benzene rings is 2. The second kappa shape index (κ2) is 6.35. The Labute approximate surface area is 122 Å². The summed E-state index contributed by atoms with van der Waals surface area (Å²) in [4.78, 5) is 13.8. The van der Waals surface area contributed by atoms with Crippen molar-refractivity contribution < 1.29 is 13.6 Å². The highest BCUT2D eigenvalue weighted by molar-refractivity contribution is 5.94. The molecule has 2 aromatic rings. The Balaban J connectivity index is 2.22. The fourth-order valence-electron chi connectivity index (χ4n) is 2.01. The molecule has 0 fully saturated rings. The average Bonchev–Trinajstić information content (AvgIpc) is 2.49. The first-order valence-electron chi connectivity index (χ1n) is 6.60. The molecular weight excluding hydrogens is 274 g/mol. The van der Waals surface area contributed by atoms with Gasteiger partial charge in [0.15, 0.2) is 11.6 Å². The van der Waals surface area contributed by atoms with E-state index in [0.29, 0.717) is 18.8 Å². The first kappa shape index (κ1) is 15.0. The summed E-state index contributed by atoms with van der Waals surface area (Å²) in [5.41, 5.74) is 6.85. The number of nitrogen functional groups attached to an aromatic ring is 1. The van der Waals surface area contributed by atoms with Gasteiger partial charge in [0.1, 0.15) is 0 Å².